The van der Waals surface area contributed by atoms with Crippen molar-refractivity contribution < 1.29 is 14.3 Å². The van der Waals surface area contributed by atoms with Crippen LogP contribution in [0, 0.1) is 0 Å². The van der Waals surface area contributed by atoms with E-state index in [-0.39, 0.29) is 12.0 Å². The van der Waals surface area contributed by atoms with Crippen LogP contribution in [0.15, 0.2) is 48.5 Å². The van der Waals surface area contributed by atoms with Gasteiger partial charge in [-0.1, -0.05) is 31.9 Å². The summed E-state index contributed by atoms with van der Waals surface area (Å²) in [7, 11) is 0. The molecule has 4 nitrogen and oxygen atoms in total. The lowest BCUT2D eigenvalue weighted by Crippen LogP contribution is -2.22. The molecule has 0 bridgehead atoms. The summed E-state index contributed by atoms with van der Waals surface area (Å²) in [5, 5.41) is 2.93. The van der Waals surface area contributed by atoms with E-state index in [1.54, 1.807) is 12.1 Å². The molecular weight excluding hydrogens is 326 g/mol. The number of ether oxygens (including phenoxy) is 2. The summed E-state index contributed by atoms with van der Waals surface area (Å²) < 4.78 is 11.3. The van der Waals surface area contributed by atoms with E-state index < -0.39 is 0 Å². The van der Waals surface area contributed by atoms with Gasteiger partial charge in [0.05, 0.1) is 12.7 Å². The minimum Gasteiger partial charge on any atom is -0.494 e. The fraction of sp³-hybridized carbons (Fsp3) is 0.409. The van der Waals surface area contributed by atoms with E-state index in [4.69, 9.17) is 9.47 Å². The van der Waals surface area contributed by atoms with Gasteiger partial charge < -0.3 is 14.8 Å². The number of unbranched alkanes of at least 4 members (excludes halogenated alkanes) is 2. The fourth-order valence-corrected chi connectivity index (χ4v) is 2.49. The van der Waals surface area contributed by atoms with Crippen LogP contribution in [0.1, 0.15) is 56.0 Å². The van der Waals surface area contributed by atoms with Gasteiger partial charge in [0.25, 0.3) is 5.91 Å². The van der Waals surface area contributed by atoms with Crippen LogP contribution >= 0.6 is 0 Å². The predicted molar refractivity (Wildman–Crippen MR) is 105 cm³/mol. The minimum atomic E-state index is -0.0926. The highest BCUT2D eigenvalue weighted by Crippen LogP contribution is 2.15. The second-order valence-electron chi connectivity index (χ2n) is 6.57. The maximum atomic E-state index is 12.3. The molecule has 0 aliphatic carbocycles. The van der Waals surface area contributed by atoms with E-state index in [0.29, 0.717) is 12.1 Å². The Morgan fingerprint density at radius 3 is 2.23 bits per heavy atom. The van der Waals surface area contributed by atoms with Crippen LogP contribution in [0.3, 0.4) is 0 Å². The Balaban J connectivity index is 1.80. The highest BCUT2D eigenvalue weighted by molar-refractivity contribution is 5.94. The quantitative estimate of drug-likeness (QED) is 0.612. The summed E-state index contributed by atoms with van der Waals surface area (Å²) in [5.41, 5.74) is 1.66. The first-order valence-electron chi connectivity index (χ1n) is 9.35. The van der Waals surface area contributed by atoms with Gasteiger partial charge in [0.15, 0.2) is 0 Å². The summed E-state index contributed by atoms with van der Waals surface area (Å²) in [4.78, 5) is 12.3. The molecule has 1 amide bonds. The summed E-state index contributed by atoms with van der Waals surface area (Å²) >= 11 is 0. The number of rotatable bonds is 10. The largest absolute Gasteiger partial charge is 0.494 e. The third-order valence-electron chi connectivity index (χ3n) is 3.88. The third-order valence-corrected chi connectivity index (χ3v) is 3.88. The molecule has 0 heterocycles. The Labute approximate surface area is 156 Å². The molecule has 0 aromatic heterocycles. The molecule has 0 saturated carbocycles. The average Bonchev–Trinajstić information content (AvgIpc) is 2.64. The van der Waals surface area contributed by atoms with Crippen molar-refractivity contribution >= 4 is 5.91 Å². The van der Waals surface area contributed by atoms with E-state index in [9.17, 15) is 4.79 Å². The topological polar surface area (TPSA) is 47.6 Å². The van der Waals surface area contributed by atoms with Gasteiger partial charge in [0, 0.05) is 12.1 Å². The van der Waals surface area contributed by atoms with E-state index in [0.717, 1.165) is 30.1 Å². The van der Waals surface area contributed by atoms with Gasteiger partial charge in [-0.05, 0) is 62.2 Å². The van der Waals surface area contributed by atoms with E-state index in [2.05, 4.69) is 12.2 Å². The molecule has 0 unspecified atom stereocenters. The van der Waals surface area contributed by atoms with Crippen LogP contribution in [0.25, 0.3) is 0 Å². The molecule has 4 heteroatoms. The predicted octanol–water partition coefficient (Wildman–Crippen LogP) is 4.97. The maximum Gasteiger partial charge on any atom is 0.251 e. The van der Waals surface area contributed by atoms with E-state index in [1.807, 2.05) is 50.2 Å². The lowest BCUT2D eigenvalue weighted by Gasteiger charge is -2.11. The van der Waals surface area contributed by atoms with Crippen molar-refractivity contribution in [1.82, 2.24) is 5.32 Å². The molecule has 0 spiro atoms. The van der Waals surface area contributed by atoms with Crippen molar-refractivity contribution in [2.45, 2.75) is 52.7 Å². The maximum absolute atomic E-state index is 12.3. The number of benzene rings is 2. The highest BCUT2D eigenvalue weighted by atomic mass is 16.5. The van der Waals surface area contributed by atoms with Crippen molar-refractivity contribution in [3.05, 3.63) is 59.7 Å². The molecule has 1 N–H and O–H groups in total. The molecule has 0 atom stereocenters. The van der Waals surface area contributed by atoms with Gasteiger partial charge in [0.2, 0.25) is 0 Å². The summed E-state index contributed by atoms with van der Waals surface area (Å²) in [6.45, 7) is 7.36. The van der Waals surface area contributed by atoms with Crippen molar-refractivity contribution in [3.63, 3.8) is 0 Å². The monoisotopic (exact) mass is 355 g/mol. The van der Waals surface area contributed by atoms with Crippen molar-refractivity contribution in [2.24, 2.45) is 0 Å². The second-order valence-corrected chi connectivity index (χ2v) is 6.57. The zero-order valence-corrected chi connectivity index (χ0v) is 16.0. The minimum absolute atomic E-state index is 0.0926. The molecule has 140 valence electrons. The van der Waals surface area contributed by atoms with Gasteiger partial charge >= 0.3 is 0 Å². The number of carbonyl (C=O) groups is 1. The smallest absolute Gasteiger partial charge is 0.251 e. The normalized spacial score (nSPS) is 10.6. The van der Waals surface area contributed by atoms with Gasteiger partial charge in [-0.25, -0.2) is 0 Å². The number of hydrogen-bond donors (Lipinski definition) is 1. The molecule has 2 aromatic carbocycles. The summed E-state index contributed by atoms with van der Waals surface area (Å²) in [6.07, 6.45) is 3.56. The van der Waals surface area contributed by atoms with Gasteiger partial charge in [0.1, 0.15) is 11.5 Å². The molecule has 26 heavy (non-hydrogen) atoms. The number of nitrogens with one attached hydrogen (secondary N) is 1. The van der Waals surface area contributed by atoms with Crippen LogP contribution in [-0.4, -0.2) is 18.6 Å². The van der Waals surface area contributed by atoms with Crippen LogP contribution in [-0.2, 0) is 6.54 Å². The van der Waals surface area contributed by atoms with Crippen molar-refractivity contribution in [3.8, 4) is 11.5 Å². The number of carbonyl (C=O) groups excluding carboxylic acids is 1. The second kappa shape index (κ2) is 10.5. The van der Waals surface area contributed by atoms with Crippen LogP contribution in [0.4, 0.5) is 0 Å². The van der Waals surface area contributed by atoms with Gasteiger partial charge in [-0.15, -0.1) is 0 Å². The molecule has 0 saturated heterocycles. The highest BCUT2D eigenvalue weighted by Gasteiger charge is 2.06. The molecule has 0 radical (unpaired) electrons. The van der Waals surface area contributed by atoms with Crippen molar-refractivity contribution in [1.29, 1.82) is 0 Å². The first kappa shape index (κ1) is 19.8. The molecule has 0 aliphatic rings. The van der Waals surface area contributed by atoms with Gasteiger partial charge in [-0.2, -0.15) is 0 Å². The Morgan fingerprint density at radius 1 is 0.962 bits per heavy atom. The lowest BCUT2D eigenvalue weighted by molar-refractivity contribution is 0.0951. The molecule has 0 fully saturated rings. The summed E-state index contributed by atoms with van der Waals surface area (Å²) in [6, 6.07) is 15.1. The zero-order chi connectivity index (χ0) is 18.8. The molecule has 0 aliphatic heterocycles. The fourth-order valence-electron chi connectivity index (χ4n) is 2.49. The first-order valence-corrected chi connectivity index (χ1v) is 9.35. The Kier molecular flexibility index (Phi) is 8.00. The SMILES string of the molecule is CCCCCOc1ccc(C(=O)NCc2ccc(OC(C)C)cc2)cc1. The average molecular weight is 355 g/mol. The van der Waals surface area contributed by atoms with E-state index in [1.165, 1.54) is 12.8 Å². The summed E-state index contributed by atoms with van der Waals surface area (Å²) in [5.74, 6) is 1.55. The third kappa shape index (κ3) is 6.79. The zero-order valence-electron chi connectivity index (χ0n) is 16.0. The van der Waals surface area contributed by atoms with Crippen LogP contribution in [0.2, 0.25) is 0 Å². The number of amides is 1. The molecule has 2 aromatic rings. The lowest BCUT2D eigenvalue weighted by atomic mass is 10.2. The van der Waals surface area contributed by atoms with Gasteiger partial charge in [-0.3, -0.25) is 4.79 Å². The first-order chi connectivity index (χ1) is 12.6. The van der Waals surface area contributed by atoms with Crippen LogP contribution < -0.4 is 14.8 Å². The Hall–Kier alpha value is -2.49. The van der Waals surface area contributed by atoms with Crippen LogP contribution in [0.5, 0.6) is 11.5 Å². The standard InChI is InChI=1S/C22H29NO3/c1-4-5-6-15-25-20-13-9-19(10-14-20)22(24)23-16-18-7-11-21(12-8-18)26-17(2)3/h7-14,17H,4-6,15-16H2,1-3H3,(H,23,24). The molecule has 2 rings (SSSR count). The molecular formula is C22H29NO3. The number of hydrogen-bond acceptors (Lipinski definition) is 3. The Morgan fingerprint density at radius 2 is 1.62 bits per heavy atom. The van der Waals surface area contributed by atoms with Crippen molar-refractivity contribution in [2.75, 3.05) is 6.61 Å². The Bertz CT molecular complexity index is 663. The van der Waals surface area contributed by atoms with E-state index >= 15 is 0 Å².